The molecule has 0 saturated carbocycles. The molecule has 374 valence electrons. The van der Waals surface area contributed by atoms with Crippen molar-refractivity contribution in [3.05, 3.63) is 83.8 Å². The van der Waals surface area contributed by atoms with Crippen molar-refractivity contribution < 1.29 is 86.8 Å². The van der Waals surface area contributed by atoms with Gasteiger partial charge in [0.05, 0.1) is 42.0 Å². The third-order valence-electron chi connectivity index (χ3n) is 10.8. The molecule has 0 bridgehead atoms. The summed E-state index contributed by atoms with van der Waals surface area (Å²) in [7, 11) is 0.773. The lowest BCUT2D eigenvalue weighted by Crippen LogP contribution is -2.63. The number of halogens is 12. The van der Waals surface area contributed by atoms with Gasteiger partial charge in [-0.3, -0.25) is 15.0 Å². The molecule has 0 aliphatic carbocycles. The Morgan fingerprint density at radius 2 is 1.31 bits per heavy atom. The van der Waals surface area contributed by atoms with Crippen molar-refractivity contribution in [2.24, 2.45) is 10.8 Å². The van der Waals surface area contributed by atoms with Crippen molar-refractivity contribution in [2.75, 3.05) is 13.7 Å². The van der Waals surface area contributed by atoms with E-state index in [-0.39, 0.29) is 21.5 Å². The second-order valence-electron chi connectivity index (χ2n) is 16.2. The van der Waals surface area contributed by atoms with Crippen LogP contribution in [0, 0.1) is 22.5 Å². The maximum atomic E-state index is 15.8. The Kier molecular flexibility index (Phi) is 16.8. The summed E-state index contributed by atoms with van der Waals surface area (Å²) in [6.45, 7) is -6.63. The number of nitrogens with zero attached hydrogens (tertiary/aromatic N) is 5. The van der Waals surface area contributed by atoms with E-state index in [0.717, 1.165) is 31.8 Å². The lowest BCUT2D eigenvalue weighted by Gasteiger charge is -2.38. The van der Waals surface area contributed by atoms with Crippen LogP contribution in [0.5, 0.6) is 0 Å². The van der Waals surface area contributed by atoms with Crippen LogP contribution in [-0.4, -0.2) is 109 Å². The number of alkyl carbamates (subject to hydrolysis) is 1. The minimum atomic E-state index is -5.31. The number of carbonyl (C=O) groups excluding carboxylic acids is 3. The highest BCUT2D eigenvalue weighted by molar-refractivity contribution is 5.87. The van der Waals surface area contributed by atoms with Crippen LogP contribution in [0.25, 0.3) is 22.4 Å². The number of rotatable bonds is 19. The second kappa shape index (κ2) is 21.2. The molecule has 0 spiro atoms. The Bertz CT molecular complexity index is 2390. The van der Waals surface area contributed by atoms with E-state index in [9.17, 15) is 73.3 Å². The molecule has 4 rings (SSSR count). The lowest BCUT2D eigenvalue weighted by atomic mass is 9.82. The van der Waals surface area contributed by atoms with Crippen LogP contribution in [0.4, 0.5) is 62.3 Å². The third-order valence-corrected chi connectivity index (χ3v) is 10.8. The highest BCUT2D eigenvalue weighted by Gasteiger charge is 2.57. The van der Waals surface area contributed by atoms with E-state index in [2.05, 4.69) is 20.3 Å². The number of nitrogens with one attached hydrogen (secondary N) is 4. The Balaban J connectivity index is 1.82. The van der Waals surface area contributed by atoms with E-state index >= 15 is 8.78 Å². The zero-order valence-electron chi connectivity index (χ0n) is 36.1. The molecular weight excluding hydrogens is 946 g/mol. The number of hydrazine groups is 1. The topological polar surface area (TPSA) is 205 Å². The first kappa shape index (κ1) is 54.0. The molecule has 0 aliphatic heterocycles. The Hall–Kier alpha value is -6.58. The first-order valence-electron chi connectivity index (χ1n) is 19.6. The number of methoxy groups -OCH3 is 1. The van der Waals surface area contributed by atoms with Gasteiger partial charge < -0.3 is 30.9 Å². The number of carboxylic acid groups (broad SMARTS) is 1. The molecule has 0 aliphatic rings. The summed E-state index contributed by atoms with van der Waals surface area (Å²) in [6.07, 6.45) is -14.1. The SMILES string of the molecule is COC(=O)N[C@H](C(=O)N[C@@H](Cc1ccc(-c2cnn(C(F)F)c2)cc1)[C@@H](O)CN(Cc1c(F)cc(-c2ccn(C(F)F)n2)cc1F)NC(=O)[C@@H](NC(=O)O)C(C)(C)C(F)(F)F)C(C)(C)C(F)(F)F. The molecule has 2 aromatic heterocycles. The van der Waals surface area contributed by atoms with Crippen LogP contribution in [0.1, 0.15) is 51.9 Å². The first-order valence-corrected chi connectivity index (χ1v) is 19.6. The smallest absolute Gasteiger partial charge is 0.407 e. The maximum absolute atomic E-state index is 15.8. The Morgan fingerprint density at radius 1 is 0.765 bits per heavy atom. The standard InChI is InChI=1S/C40H43F12N9O7/c1-37(2,39(47,48)49)29(56-36(67)68-5)31(63)54-27(12-19-6-8-20(9-7-19)22-15-53-61(16-22)34(45)46)28(62)18-59(58-32(64)30(55-35(65)66)38(3,4)40(50,51)52)17-23-24(41)13-21(14-25(23)42)26-10-11-60(57-26)33(43)44/h6-11,13-16,27-30,33-34,55,62H,12,17-18H2,1-5H3,(H,54,63)(H,56,67)(H,58,64)(H,65,66)/t27-,28-,29+,30+/m0/s1. The number of alkyl halides is 10. The van der Waals surface area contributed by atoms with Crippen molar-refractivity contribution in [3.8, 4) is 22.4 Å². The minimum absolute atomic E-state index is 0.141. The zero-order valence-corrected chi connectivity index (χ0v) is 36.1. The number of benzene rings is 2. The van der Waals surface area contributed by atoms with E-state index in [4.69, 9.17) is 0 Å². The van der Waals surface area contributed by atoms with Crippen LogP contribution in [0.15, 0.2) is 61.1 Å². The number of aromatic nitrogens is 4. The van der Waals surface area contributed by atoms with Crippen molar-refractivity contribution in [1.82, 2.24) is 45.9 Å². The minimum Gasteiger partial charge on any atom is -0.465 e. The number of carbonyl (C=O) groups is 4. The number of aliphatic hydroxyl groups excluding tert-OH is 1. The van der Waals surface area contributed by atoms with Crippen molar-refractivity contribution >= 4 is 24.0 Å². The van der Waals surface area contributed by atoms with Gasteiger partial charge in [-0.25, -0.2) is 32.7 Å². The van der Waals surface area contributed by atoms with Gasteiger partial charge in [-0.05, 0) is 63.4 Å². The van der Waals surface area contributed by atoms with Gasteiger partial charge in [0.15, 0.2) is 0 Å². The molecule has 4 amide bonds. The molecule has 0 saturated heterocycles. The van der Waals surface area contributed by atoms with E-state index in [1.165, 1.54) is 29.6 Å². The average molecular weight is 990 g/mol. The number of aliphatic hydroxyl groups is 1. The van der Waals surface area contributed by atoms with Gasteiger partial charge in [-0.15, -0.1) is 0 Å². The van der Waals surface area contributed by atoms with Gasteiger partial charge in [0.25, 0.3) is 5.91 Å². The third kappa shape index (κ3) is 12.9. The average Bonchev–Trinajstić information content (AvgIpc) is 3.94. The Morgan fingerprint density at radius 3 is 1.78 bits per heavy atom. The number of hydrogen-bond acceptors (Lipinski definition) is 9. The van der Waals surface area contributed by atoms with Gasteiger partial charge in [0.1, 0.15) is 23.7 Å². The summed E-state index contributed by atoms with van der Waals surface area (Å²) in [5.41, 5.74) is -5.53. The summed E-state index contributed by atoms with van der Waals surface area (Å²) in [4.78, 5) is 51.4. The predicted octanol–water partition coefficient (Wildman–Crippen LogP) is 6.94. The molecule has 16 nitrogen and oxygen atoms in total. The fourth-order valence-electron chi connectivity index (χ4n) is 6.42. The summed E-state index contributed by atoms with van der Waals surface area (Å²) in [5.74, 6) is -6.40. The first-order chi connectivity index (χ1) is 31.4. The molecular formula is C40H43F12N9O7. The van der Waals surface area contributed by atoms with Gasteiger partial charge in [-0.2, -0.15) is 54.1 Å². The molecule has 6 N–H and O–H groups in total. The number of ether oxygens (including phenoxy) is 1. The molecule has 0 unspecified atom stereocenters. The summed E-state index contributed by atoms with van der Waals surface area (Å²) in [5, 5.41) is 34.0. The predicted molar refractivity (Wildman–Crippen MR) is 212 cm³/mol. The molecule has 68 heavy (non-hydrogen) atoms. The highest BCUT2D eigenvalue weighted by Crippen LogP contribution is 2.42. The maximum Gasteiger partial charge on any atom is 0.407 e. The van der Waals surface area contributed by atoms with Crippen LogP contribution in [0.2, 0.25) is 0 Å². The molecule has 0 radical (unpaired) electrons. The molecule has 28 heteroatoms. The van der Waals surface area contributed by atoms with Gasteiger partial charge in [0, 0.05) is 42.2 Å². The fraction of sp³-hybridized carbons (Fsp3) is 0.450. The normalized spacial score (nSPS) is 14.4. The van der Waals surface area contributed by atoms with Crippen LogP contribution in [0.3, 0.4) is 0 Å². The van der Waals surface area contributed by atoms with E-state index in [0.29, 0.717) is 55.1 Å². The zero-order chi connectivity index (χ0) is 51.3. The molecule has 0 fully saturated rings. The van der Waals surface area contributed by atoms with Gasteiger partial charge in [0.2, 0.25) is 5.91 Å². The second-order valence-corrected chi connectivity index (χ2v) is 16.2. The quantitative estimate of drug-likeness (QED) is 0.0422. The van der Waals surface area contributed by atoms with E-state index in [1.807, 2.05) is 5.43 Å². The summed E-state index contributed by atoms with van der Waals surface area (Å²) in [6, 6.07) is 0.456. The van der Waals surface area contributed by atoms with E-state index in [1.54, 1.807) is 5.32 Å². The number of hydrogen-bond donors (Lipinski definition) is 6. The van der Waals surface area contributed by atoms with Gasteiger partial charge >= 0.3 is 37.6 Å². The lowest BCUT2D eigenvalue weighted by molar-refractivity contribution is -0.221. The summed E-state index contributed by atoms with van der Waals surface area (Å²) >= 11 is 0. The monoisotopic (exact) mass is 989 g/mol. The molecule has 4 aromatic rings. The van der Waals surface area contributed by atoms with E-state index < -0.39 is 127 Å². The van der Waals surface area contributed by atoms with Gasteiger partial charge in [-0.1, -0.05) is 24.3 Å². The largest absolute Gasteiger partial charge is 0.465 e. The van der Waals surface area contributed by atoms with Crippen LogP contribution < -0.4 is 21.4 Å². The van der Waals surface area contributed by atoms with Crippen LogP contribution in [-0.2, 0) is 27.3 Å². The van der Waals surface area contributed by atoms with Crippen molar-refractivity contribution in [1.29, 1.82) is 0 Å². The van der Waals surface area contributed by atoms with Crippen molar-refractivity contribution in [3.63, 3.8) is 0 Å². The summed E-state index contributed by atoms with van der Waals surface area (Å²) < 4.78 is 175. The Labute approximate surface area is 377 Å². The van der Waals surface area contributed by atoms with Crippen LogP contribution >= 0.6 is 0 Å². The fourth-order valence-corrected chi connectivity index (χ4v) is 6.42. The number of amides is 4. The highest BCUT2D eigenvalue weighted by atomic mass is 19.4. The van der Waals surface area contributed by atoms with Crippen molar-refractivity contribution in [2.45, 2.75) is 90.3 Å². The molecule has 2 aromatic carbocycles. The molecule has 2 heterocycles. The molecule has 4 atom stereocenters.